The minimum atomic E-state index is -3.19. The molecular formula is C37H62N2O29. The first-order valence-electron chi connectivity index (χ1n) is 21.2. The summed E-state index contributed by atoms with van der Waals surface area (Å²) in [6.07, 6.45) is -47.6. The fourth-order valence-electron chi connectivity index (χ4n) is 8.53. The normalized spacial score (nSPS) is 46.6. The summed E-state index contributed by atoms with van der Waals surface area (Å²) in [6.45, 7) is -3.28. The summed E-state index contributed by atoms with van der Waals surface area (Å²) in [5, 5.41) is 185. The fraction of sp³-hybridized carbons (Fsp3) is 0.919. The first-order chi connectivity index (χ1) is 32.0. The first-order valence-corrected chi connectivity index (χ1v) is 21.2. The SMILES string of the molecule is CC(=O)N[C@H]1[C@H](O[C@H]2[C@@H](O)[C@@H](CO)O[C@@H](O[C@H]3[C@@H](O)[C@@H](O)[C@H](O)O[C@@H]3CO)[C@@H]2O)O[C@H](CO)[C@@H](O)[C@@H]1O[C@@H]1O[C@H](CO)[C@H](O)[C@H](O[C@]2(C(=O)O)C[C@H](O)[C@@H](NC(C)=O)[C@H]([C@H](O)[C@H](O)CO)O2)[C@H]1O. The van der Waals surface area contributed by atoms with E-state index >= 15 is 0 Å². The Bertz CT molecular complexity index is 1660. The lowest BCUT2D eigenvalue weighted by molar-refractivity contribution is -0.389. The molecule has 5 rings (SSSR count). The third-order valence-electron chi connectivity index (χ3n) is 12.1. The van der Waals surface area contributed by atoms with Gasteiger partial charge >= 0.3 is 5.97 Å². The standard InChI is InChI=1S/C37H62N2O29/c1-9(45)38-17-11(47)3-37(36(58)59,67-29(17)19(49)12(48)4-40)68-31-22(52)15(7-43)63-35(26(31)56)65-28-18(39-10(2)46)33(61-13(5-41)20(28)50)66-30-21(51)14(6-42)62-34(25(30)55)64-27-16(8-44)60-32(57)24(54)23(27)53/h11-35,40-44,47-57H,3-8H2,1-2H3,(H,38,45)(H,39,46)(H,58,59)/t11-,12+,13+,14+,15+,16+,17+,18+,19+,20+,21-,22-,23-,24+,25+,26+,27+,28+,29+,30-,31-,32+,33-,34-,35-,37-/m0/s1. The minimum absolute atomic E-state index is 0.818. The number of aliphatic carboxylic acids is 1. The van der Waals surface area contributed by atoms with Crippen molar-refractivity contribution < 1.29 is 144 Å². The number of carboxylic acid groups (broad SMARTS) is 1. The van der Waals surface area contributed by atoms with E-state index in [1.54, 1.807) is 0 Å². The second-order valence-corrected chi connectivity index (χ2v) is 16.8. The van der Waals surface area contributed by atoms with Gasteiger partial charge in [-0.3, -0.25) is 9.59 Å². The Hall–Kier alpha value is -2.59. The van der Waals surface area contributed by atoms with Gasteiger partial charge in [0, 0.05) is 20.3 Å². The van der Waals surface area contributed by atoms with Gasteiger partial charge in [0.1, 0.15) is 116 Å². The van der Waals surface area contributed by atoms with Crippen LogP contribution in [0, 0.1) is 0 Å². The number of carbonyl (C=O) groups is 3. The maximum Gasteiger partial charge on any atom is 0.364 e. The monoisotopic (exact) mass is 998 g/mol. The Labute approximate surface area is 384 Å². The molecule has 5 fully saturated rings. The van der Waals surface area contributed by atoms with Gasteiger partial charge in [0.15, 0.2) is 25.2 Å². The number of nitrogens with one attached hydrogen (secondary N) is 2. The Morgan fingerprint density at radius 3 is 1.53 bits per heavy atom. The van der Waals surface area contributed by atoms with Crippen LogP contribution < -0.4 is 10.6 Å². The molecule has 0 aromatic rings. The molecule has 5 aliphatic heterocycles. The van der Waals surface area contributed by atoms with Gasteiger partial charge in [-0.25, -0.2) is 4.79 Å². The van der Waals surface area contributed by atoms with Crippen molar-refractivity contribution in [3.63, 3.8) is 0 Å². The summed E-state index contributed by atoms with van der Waals surface area (Å²) in [7, 11) is 0. The second kappa shape index (κ2) is 23.8. The highest BCUT2D eigenvalue weighted by Crippen LogP contribution is 2.39. The molecule has 394 valence electrons. The number of carboxylic acids is 1. The van der Waals surface area contributed by atoms with E-state index in [4.69, 9.17) is 42.6 Å². The molecule has 5 heterocycles. The lowest BCUT2D eigenvalue weighted by Gasteiger charge is -2.51. The summed E-state index contributed by atoms with van der Waals surface area (Å²) in [6, 6.07) is -3.51. The van der Waals surface area contributed by atoms with Crippen LogP contribution in [0.4, 0.5) is 0 Å². The number of carbonyl (C=O) groups excluding carboxylic acids is 2. The van der Waals surface area contributed by atoms with Crippen molar-refractivity contribution in [1.29, 1.82) is 0 Å². The number of aliphatic hydroxyl groups excluding tert-OH is 16. The molecule has 5 saturated heterocycles. The molecular weight excluding hydrogens is 936 g/mol. The van der Waals surface area contributed by atoms with Crippen LogP contribution in [-0.2, 0) is 57.0 Å². The average Bonchev–Trinajstić information content (AvgIpc) is 3.29. The molecule has 0 bridgehead atoms. The molecule has 2 amide bonds. The van der Waals surface area contributed by atoms with Gasteiger partial charge in [-0.2, -0.15) is 0 Å². The summed E-state index contributed by atoms with van der Waals surface area (Å²) >= 11 is 0. The van der Waals surface area contributed by atoms with Crippen LogP contribution in [0.5, 0.6) is 0 Å². The molecule has 0 unspecified atom stereocenters. The third kappa shape index (κ3) is 11.8. The number of hydrogen-bond donors (Lipinski definition) is 19. The van der Waals surface area contributed by atoms with Crippen molar-refractivity contribution in [2.24, 2.45) is 0 Å². The largest absolute Gasteiger partial charge is 0.477 e. The maximum absolute atomic E-state index is 13.0. The van der Waals surface area contributed by atoms with Gasteiger partial charge in [0.2, 0.25) is 11.8 Å². The van der Waals surface area contributed by atoms with Crippen molar-refractivity contribution >= 4 is 17.8 Å². The number of amides is 2. The van der Waals surface area contributed by atoms with E-state index in [9.17, 15) is 101 Å². The molecule has 31 heteroatoms. The topological polar surface area (TPSA) is 502 Å². The molecule has 31 nitrogen and oxygen atoms in total. The van der Waals surface area contributed by atoms with Crippen LogP contribution in [-0.4, -0.2) is 297 Å². The molecule has 0 radical (unpaired) electrons. The van der Waals surface area contributed by atoms with Crippen LogP contribution >= 0.6 is 0 Å². The molecule has 0 saturated carbocycles. The number of ether oxygens (including phenoxy) is 9. The molecule has 0 aromatic heterocycles. The predicted molar refractivity (Wildman–Crippen MR) is 207 cm³/mol. The van der Waals surface area contributed by atoms with E-state index in [0.29, 0.717) is 0 Å². The summed E-state index contributed by atoms with van der Waals surface area (Å²) < 4.78 is 50.7. The Balaban J connectivity index is 1.45. The molecule has 0 aromatic carbocycles. The van der Waals surface area contributed by atoms with Gasteiger partial charge in [0.05, 0.1) is 45.2 Å². The zero-order valence-corrected chi connectivity index (χ0v) is 36.2. The molecule has 19 N–H and O–H groups in total. The van der Waals surface area contributed by atoms with Crippen molar-refractivity contribution in [2.45, 2.75) is 179 Å². The Morgan fingerprint density at radius 2 is 1.03 bits per heavy atom. The van der Waals surface area contributed by atoms with Crippen molar-refractivity contribution in [1.82, 2.24) is 10.6 Å². The Kier molecular flexibility index (Phi) is 19.7. The first kappa shape index (κ1) is 56.3. The zero-order valence-electron chi connectivity index (χ0n) is 36.2. The van der Waals surface area contributed by atoms with E-state index in [-0.39, 0.29) is 0 Å². The smallest absolute Gasteiger partial charge is 0.364 e. The average molecular weight is 999 g/mol. The molecule has 68 heavy (non-hydrogen) atoms. The number of aliphatic hydroxyl groups is 16. The van der Waals surface area contributed by atoms with Crippen LogP contribution in [0.15, 0.2) is 0 Å². The lowest BCUT2D eigenvalue weighted by Crippen LogP contribution is -2.71. The molecule has 0 spiro atoms. The highest BCUT2D eigenvalue weighted by atomic mass is 16.8. The van der Waals surface area contributed by atoms with Gasteiger partial charge < -0.3 is 140 Å². The summed E-state index contributed by atoms with van der Waals surface area (Å²) in [5.41, 5.74) is 0. The fourth-order valence-corrected chi connectivity index (χ4v) is 8.53. The van der Waals surface area contributed by atoms with E-state index in [0.717, 1.165) is 13.8 Å². The molecule has 26 atom stereocenters. The molecule has 5 aliphatic rings. The van der Waals surface area contributed by atoms with Crippen LogP contribution in [0.25, 0.3) is 0 Å². The highest BCUT2D eigenvalue weighted by Gasteiger charge is 2.61. The highest BCUT2D eigenvalue weighted by molar-refractivity contribution is 5.76. The van der Waals surface area contributed by atoms with Crippen molar-refractivity contribution in [3.8, 4) is 0 Å². The van der Waals surface area contributed by atoms with Crippen LogP contribution in [0.3, 0.4) is 0 Å². The third-order valence-corrected chi connectivity index (χ3v) is 12.1. The van der Waals surface area contributed by atoms with E-state index in [1.165, 1.54) is 0 Å². The summed E-state index contributed by atoms with van der Waals surface area (Å²) in [5.74, 6) is -6.99. The lowest BCUT2D eigenvalue weighted by atomic mass is 9.88. The van der Waals surface area contributed by atoms with Gasteiger partial charge in [-0.1, -0.05) is 0 Å². The maximum atomic E-state index is 13.0. The van der Waals surface area contributed by atoms with Crippen LogP contribution in [0.2, 0.25) is 0 Å². The van der Waals surface area contributed by atoms with Gasteiger partial charge in [-0.15, -0.1) is 0 Å². The predicted octanol–water partition coefficient (Wildman–Crippen LogP) is -12.4. The zero-order chi connectivity index (χ0) is 50.7. The van der Waals surface area contributed by atoms with E-state index in [2.05, 4.69) is 10.6 Å². The Morgan fingerprint density at radius 1 is 0.574 bits per heavy atom. The number of rotatable bonds is 18. The van der Waals surface area contributed by atoms with Crippen molar-refractivity contribution in [2.75, 3.05) is 33.0 Å². The molecule has 0 aliphatic carbocycles. The van der Waals surface area contributed by atoms with Crippen LogP contribution in [0.1, 0.15) is 20.3 Å². The van der Waals surface area contributed by atoms with Gasteiger partial charge in [-0.05, 0) is 0 Å². The summed E-state index contributed by atoms with van der Waals surface area (Å²) in [4.78, 5) is 37.7. The van der Waals surface area contributed by atoms with E-state index < -0.39 is 216 Å². The van der Waals surface area contributed by atoms with Gasteiger partial charge in [0.25, 0.3) is 5.79 Å². The number of hydrogen-bond acceptors (Lipinski definition) is 28. The quantitative estimate of drug-likeness (QED) is 0.0606. The van der Waals surface area contributed by atoms with Crippen molar-refractivity contribution in [3.05, 3.63) is 0 Å². The minimum Gasteiger partial charge on any atom is -0.477 e. The van der Waals surface area contributed by atoms with E-state index in [1.807, 2.05) is 0 Å². The second-order valence-electron chi connectivity index (χ2n) is 16.8.